The third kappa shape index (κ3) is 2.75. The van der Waals surface area contributed by atoms with Gasteiger partial charge in [0.05, 0.1) is 5.56 Å². The molecule has 4 heteroatoms. The standard InChI is InChI=1S/C11H12F2O2/c1-6(2)7-3-8(10(12)13)5-9(4-7)11(14)15/h3-6,10H,1-2H3,(H,14,15). The van der Waals surface area contributed by atoms with Crippen LogP contribution < -0.4 is 0 Å². The Morgan fingerprint density at radius 1 is 1.20 bits per heavy atom. The number of alkyl halides is 2. The molecular weight excluding hydrogens is 202 g/mol. The van der Waals surface area contributed by atoms with Crippen molar-refractivity contribution in [2.24, 2.45) is 0 Å². The van der Waals surface area contributed by atoms with Gasteiger partial charge >= 0.3 is 5.97 Å². The molecule has 1 aromatic carbocycles. The molecule has 1 aromatic rings. The van der Waals surface area contributed by atoms with Crippen molar-refractivity contribution in [1.82, 2.24) is 0 Å². The van der Waals surface area contributed by atoms with Gasteiger partial charge in [0, 0.05) is 5.56 Å². The normalized spacial score (nSPS) is 11.1. The van der Waals surface area contributed by atoms with Gasteiger partial charge in [0.15, 0.2) is 0 Å². The molecule has 15 heavy (non-hydrogen) atoms. The fourth-order valence-corrected chi connectivity index (χ4v) is 1.26. The first-order chi connectivity index (χ1) is 6.91. The van der Waals surface area contributed by atoms with Crippen molar-refractivity contribution < 1.29 is 18.7 Å². The first-order valence-corrected chi connectivity index (χ1v) is 4.58. The maximum absolute atomic E-state index is 12.5. The summed E-state index contributed by atoms with van der Waals surface area (Å²) in [5.41, 5.74) is 0.292. The average Bonchev–Trinajstić information content (AvgIpc) is 2.16. The Morgan fingerprint density at radius 3 is 2.13 bits per heavy atom. The largest absolute Gasteiger partial charge is 0.478 e. The molecule has 1 N–H and O–H groups in total. The topological polar surface area (TPSA) is 37.3 Å². The van der Waals surface area contributed by atoms with Gasteiger partial charge < -0.3 is 5.11 Å². The lowest BCUT2D eigenvalue weighted by Gasteiger charge is -2.09. The number of hydrogen-bond acceptors (Lipinski definition) is 1. The molecule has 0 aliphatic heterocycles. The molecule has 0 heterocycles. The lowest BCUT2D eigenvalue weighted by Crippen LogP contribution is -2.01. The minimum absolute atomic E-state index is 0.0294. The molecule has 0 aliphatic rings. The van der Waals surface area contributed by atoms with E-state index >= 15 is 0 Å². The summed E-state index contributed by atoms with van der Waals surface area (Å²) in [4.78, 5) is 10.7. The minimum atomic E-state index is -2.64. The molecule has 0 fully saturated rings. The number of aromatic carboxylic acids is 1. The van der Waals surface area contributed by atoms with E-state index in [-0.39, 0.29) is 17.0 Å². The van der Waals surface area contributed by atoms with E-state index in [1.807, 2.05) is 13.8 Å². The molecule has 0 saturated heterocycles. The zero-order chi connectivity index (χ0) is 11.6. The van der Waals surface area contributed by atoms with E-state index in [2.05, 4.69) is 0 Å². The Balaban J connectivity index is 3.26. The molecule has 0 bridgehead atoms. The van der Waals surface area contributed by atoms with Gasteiger partial charge in [-0.25, -0.2) is 13.6 Å². The Bertz CT molecular complexity index is 347. The molecule has 0 spiro atoms. The summed E-state index contributed by atoms with van der Waals surface area (Å²) in [5, 5.41) is 8.75. The van der Waals surface area contributed by atoms with Crippen LogP contribution in [0.4, 0.5) is 8.78 Å². The van der Waals surface area contributed by atoms with Crippen molar-refractivity contribution in [3.05, 3.63) is 34.9 Å². The fourth-order valence-electron chi connectivity index (χ4n) is 1.26. The maximum atomic E-state index is 12.5. The van der Waals surface area contributed by atoms with E-state index in [0.29, 0.717) is 5.56 Å². The predicted molar refractivity (Wildman–Crippen MR) is 52.4 cm³/mol. The molecule has 0 aliphatic carbocycles. The summed E-state index contributed by atoms with van der Waals surface area (Å²) in [6.07, 6.45) is -2.64. The van der Waals surface area contributed by atoms with Gasteiger partial charge in [-0.2, -0.15) is 0 Å². The van der Waals surface area contributed by atoms with Crippen molar-refractivity contribution in [3.8, 4) is 0 Å². The predicted octanol–water partition coefficient (Wildman–Crippen LogP) is 3.45. The molecule has 2 nitrogen and oxygen atoms in total. The lowest BCUT2D eigenvalue weighted by atomic mass is 9.98. The van der Waals surface area contributed by atoms with Crippen molar-refractivity contribution in [2.75, 3.05) is 0 Å². The molecule has 0 radical (unpaired) electrons. The quantitative estimate of drug-likeness (QED) is 0.836. The van der Waals surface area contributed by atoms with E-state index in [4.69, 9.17) is 5.11 Å². The van der Waals surface area contributed by atoms with Crippen LogP contribution in [0.2, 0.25) is 0 Å². The van der Waals surface area contributed by atoms with E-state index in [1.165, 1.54) is 12.1 Å². The second kappa shape index (κ2) is 4.38. The molecule has 0 atom stereocenters. The van der Waals surface area contributed by atoms with Crippen molar-refractivity contribution in [3.63, 3.8) is 0 Å². The van der Waals surface area contributed by atoms with Crippen LogP contribution >= 0.6 is 0 Å². The molecule has 0 aromatic heterocycles. The summed E-state index contributed by atoms with van der Waals surface area (Å²) in [6.45, 7) is 3.66. The number of carbonyl (C=O) groups is 1. The molecule has 0 saturated carbocycles. The highest BCUT2D eigenvalue weighted by Gasteiger charge is 2.14. The van der Waals surface area contributed by atoms with Crippen LogP contribution in [-0.4, -0.2) is 11.1 Å². The van der Waals surface area contributed by atoms with E-state index in [0.717, 1.165) is 6.07 Å². The van der Waals surface area contributed by atoms with Crippen molar-refractivity contribution in [2.45, 2.75) is 26.2 Å². The number of rotatable bonds is 3. The first kappa shape index (κ1) is 11.6. The highest BCUT2D eigenvalue weighted by Crippen LogP contribution is 2.25. The summed E-state index contributed by atoms with van der Waals surface area (Å²) in [6, 6.07) is 3.79. The van der Waals surface area contributed by atoms with Crippen LogP contribution in [0.3, 0.4) is 0 Å². The smallest absolute Gasteiger partial charge is 0.335 e. The number of halogens is 2. The second-order valence-electron chi connectivity index (χ2n) is 3.65. The van der Waals surface area contributed by atoms with E-state index in [1.54, 1.807) is 0 Å². The number of carboxylic acids is 1. The van der Waals surface area contributed by atoms with E-state index in [9.17, 15) is 13.6 Å². The second-order valence-corrected chi connectivity index (χ2v) is 3.65. The Hall–Kier alpha value is -1.45. The molecule has 0 unspecified atom stereocenters. The van der Waals surface area contributed by atoms with Gasteiger partial charge in [-0.15, -0.1) is 0 Å². The Labute approximate surface area is 86.5 Å². The summed E-state index contributed by atoms with van der Waals surface area (Å²) >= 11 is 0. The zero-order valence-corrected chi connectivity index (χ0v) is 8.50. The zero-order valence-electron chi connectivity index (χ0n) is 8.50. The number of hydrogen-bond donors (Lipinski definition) is 1. The van der Waals surface area contributed by atoms with Crippen LogP contribution in [0.25, 0.3) is 0 Å². The monoisotopic (exact) mass is 214 g/mol. The minimum Gasteiger partial charge on any atom is -0.478 e. The van der Waals surface area contributed by atoms with Gasteiger partial charge in [0.2, 0.25) is 0 Å². The van der Waals surface area contributed by atoms with Crippen LogP contribution in [0.5, 0.6) is 0 Å². The molecular formula is C11H12F2O2. The summed E-state index contributed by atoms with van der Waals surface area (Å²) < 4.78 is 24.9. The molecule has 1 rings (SSSR count). The van der Waals surface area contributed by atoms with Crippen LogP contribution in [-0.2, 0) is 0 Å². The van der Waals surface area contributed by atoms with Crippen molar-refractivity contribution in [1.29, 1.82) is 0 Å². The maximum Gasteiger partial charge on any atom is 0.335 e. The average molecular weight is 214 g/mol. The molecule has 82 valence electrons. The van der Waals surface area contributed by atoms with Gasteiger partial charge in [-0.05, 0) is 29.7 Å². The highest BCUT2D eigenvalue weighted by molar-refractivity contribution is 5.88. The lowest BCUT2D eigenvalue weighted by molar-refractivity contribution is 0.0696. The first-order valence-electron chi connectivity index (χ1n) is 4.58. The van der Waals surface area contributed by atoms with Crippen LogP contribution in [0, 0.1) is 0 Å². The van der Waals surface area contributed by atoms with Crippen LogP contribution in [0.1, 0.15) is 47.7 Å². The summed E-state index contributed by atoms with van der Waals surface area (Å²) in [5.74, 6) is -1.15. The fraction of sp³-hybridized carbons (Fsp3) is 0.364. The van der Waals surface area contributed by atoms with Crippen molar-refractivity contribution >= 4 is 5.97 Å². The van der Waals surface area contributed by atoms with Gasteiger partial charge in [-0.3, -0.25) is 0 Å². The Morgan fingerprint density at radius 2 is 1.73 bits per heavy atom. The SMILES string of the molecule is CC(C)c1cc(C(=O)O)cc(C(F)F)c1. The highest BCUT2D eigenvalue weighted by atomic mass is 19.3. The number of carboxylic acid groups (broad SMARTS) is 1. The number of benzene rings is 1. The summed E-state index contributed by atoms with van der Waals surface area (Å²) in [7, 11) is 0. The van der Waals surface area contributed by atoms with Crippen LogP contribution in [0.15, 0.2) is 18.2 Å². The third-order valence-corrected chi connectivity index (χ3v) is 2.14. The van der Waals surface area contributed by atoms with Gasteiger partial charge in [-0.1, -0.05) is 13.8 Å². The third-order valence-electron chi connectivity index (χ3n) is 2.14. The molecule has 0 amide bonds. The van der Waals surface area contributed by atoms with Gasteiger partial charge in [0.25, 0.3) is 6.43 Å². The van der Waals surface area contributed by atoms with Gasteiger partial charge in [0.1, 0.15) is 0 Å². The Kier molecular flexibility index (Phi) is 3.39. The van der Waals surface area contributed by atoms with E-state index < -0.39 is 12.4 Å².